The Morgan fingerprint density at radius 1 is 0.833 bits per heavy atom. The lowest BCUT2D eigenvalue weighted by atomic mass is 9.81. The van der Waals surface area contributed by atoms with E-state index < -0.39 is 11.9 Å². The van der Waals surface area contributed by atoms with Crippen LogP contribution in [0.2, 0.25) is 0 Å². The molecule has 0 radical (unpaired) electrons. The highest BCUT2D eigenvalue weighted by atomic mass is 16.6. The van der Waals surface area contributed by atoms with Gasteiger partial charge in [-0.25, -0.2) is 9.59 Å². The first kappa shape index (κ1) is 16.9. The van der Waals surface area contributed by atoms with E-state index in [0.717, 1.165) is 0 Å². The third-order valence-corrected chi connectivity index (χ3v) is 4.74. The quantitative estimate of drug-likeness (QED) is 0.706. The summed E-state index contributed by atoms with van der Waals surface area (Å²) in [7, 11) is 0. The summed E-state index contributed by atoms with van der Waals surface area (Å²) in [5.41, 5.74) is 3.05. The van der Waals surface area contributed by atoms with Gasteiger partial charge in [0.05, 0.1) is 36.5 Å². The fourth-order valence-electron chi connectivity index (χ4n) is 3.54. The van der Waals surface area contributed by atoms with E-state index in [1.165, 1.54) is 0 Å². The number of hydrogen-bond acceptors (Lipinski definition) is 4. The zero-order chi connectivity index (χ0) is 17.4. The normalized spacial score (nSPS) is 21.6. The Labute approximate surface area is 140 Å². The van der Waals surface area contributed by atoms with Crippen molar-refractivity contribution >= 4 is 11.9 Å². The second-order valence-corrected chi connectivity index (χ2v) is 6.30. The summed E-state index contributed by atoms with van der Waals surface area (Å²) in [6.07, 6.45) is 1.87. The summed E-state index contributed by atoms with van der Waals surface area (Å²) in [5.74, 6) is -1.99. The lowest BCUT2D eigenvalue weighted by Gasteiger charge is -2.22. The van der Waals surface area contributed by atoms with Crippen LogP contribution in [0.15, 0.2) is 0 Å². The van der Waals surface area contributed by atoms with Gasteiger partial charge >= 0.3 is 11.9 Å². The highest BCUT2D eigenvalue weighted by molar-refractivity contribution is 5.98. The molecular weight excluding hydrogens is 312 g/mol. The number of aromatic carboxylic acids is 2. The van der Waals surface area contributed by atoms with Gasteiger partial charge in [0.25, 0.3) is 0 Å². The predicted molar refractivity (Wildman–Crippen MR) is 86.0 cm³/mol. The summed E-state index contributed by atoms with van der Waals surface area (Å²) in [4.78, 5) is 24.0. The third kappa shape index (κ3) is 3.16. The molecule has 2 heterocycles. The monoisotopic (exact) mass is 334 g/mol. The third-order valence-electron chi connectivity index (χ3n) is 4.74. The molecule has 1 aromatic rings. The van der Waals surface area contributed by atoms with E-state index in [9.17, 15) is 19.8 Å². The first-order chi connectivity index (χ1) is 11.5. The van der Waals surface area contributed by atoms with E-state index in [0.29, 0.717) is 61.2 Å². The molecule has 2 unspecified atom stereocenters. The summed E-state index contributed by atoms with van der Waals surface area (Å²) in [6.45, 7) is 4.94. The van der Waals surface area contributed by atoms with E-state index in [1.807, 2.05) is 13.8 Å². The zero-order valence-electron chi connectivity index (χ0n) is 13.9. The highest BCUT2D eigenvalue weighted by Gasteiger charge is 2.34. The fraction of sp³-hybridized carbons (Fsp3) is 0.556. The lowest BCUT2D eigenvalue weighted by molar-refractivity contribution is 0.0676. The Bertz CT molecular complexity index is 626. The molecule has 130 valence electrons. The van der Waals surface area contributed by atoms with Crippen molar-refractivity contribution in [3.8, 4) is 0 Å². The maximum atomic E-state index is 12.0. The van der Waals surface area contributed by atoms with Crippen molar-refractivity contribution in [1.82, 2.24) is 0 Å². The molecule has 3 rings (SSSR count). The molecule has 2 aliphatic heterocycles. The predicted octanol–water partition coefficient (Wildman–Crippen LogP) is 2.09. The summed E-state index contributed by atoms with van der Waals surface area (Å²) >= 11 is 0. The molecule has 2 saturated heterocycles. The van der Waals surface area contributed by atoms with Gasteiger partial charge in [0.2, 0.25) is 0 Å². The summed E-state index contributed by atoms with van der Waals surface area (Å²) in [6, 6.07) is 0. The Morgan fingerprint density at radius 3 is 1.38 bits per heavy atom. The zero-order valence-corrected chi connectivity index (χ0v) is 13.9. The van der Waals surface area contributed by atoms with Gasteiger partial charge in [-0.1, -0.05) is 13.8 Å². The molecule has 2 aliphatic rings. The Balaban J connectivity index is 2.28. The standard InChI is InChI=1S/C18H22O6/c1-3-11-13(5-9-7-23-9)16(18(21)22)12(4-2)14(6-10-8-24-10)15(11)17(19)20/h9-10H,3-8H2,1-2H3,(H,19,20)(H,21,22). The number of benzene rings is 1. The molecule has 6 nitrogen and oxygen atoms in total. The number of carboxylic acid groups (broad SMARTS) is 2. The highest BCUT2D eigenvalue weighted by Crippen LogP contribution is 2.34. The average Bonchev–Trinajstić information content (AvgIpc) is 3.41. The van der Waals surface area contributed by atoms with E-state index >= 15 is 0 Å². The van der Waals surface area contributed by atoms with E-state index in [2.05, 4.69) is 0 Å². The summed E-state index contributed by atoms with van der Waals surface area (Å²) < 4.78 is 10.5. The van der Waals surface area contributed by atoms with E-state index in [4.69, 9.17) is 9.47 Å². The van der Waals surface area contributed by atoms with Crippen LogP contribution in [0.5, 0.6) is 0 Å². The molecule has 1 aromatic carbocycles. The smallest absolute Gasteiger partial charge is 0.336 e. The summed E-state index contributed by atoms with van der Waals surface area (Å²) in [5, 5.41) is 19.6. The van der Waals surface area contributed by atoms with Gasteiger partial charge < -0.3 is 19.7 Å². The Hall–Kier alpha value is -1.92. The topological polar surface area (TPSA) is 99.7 Å². The van der Waals surface area contributed by atoms with Gasteiger partial charge in [-0.3, -0.25) is 0 Å². The largest absolute Gasteiger partial charge is 0.478 e. The minimum Gasteiger partial charge on any atom is -0.478 e. The van der Waals surface area contributed by atoms with Crippen LogP contribution in [0.1, 0.15) is 56.8 Å². The minimum atomic E-state index is -0.993. The van der Waals surface area contributed by atoms with Crippen molar-refractivity contribution in [3.63, 3.8) is 0 Å². The molecule has 0 amide bonds. The molecule has 2 atom stereocenters. The lowest BCUT2D eigenvalue weighted by Crippen LogP contribution is -2.21. The van der Waals surface area contributed by atoms with Gasteiger partial charge in [-0.05, 0) is 35.1 Å². The van der Waals surface area contributed by atoms with Gasteiger partial charge in [0.15, 0.2) is 0 Å². The van der Waals surface area contributed by atoms with Crippen molar-refractivity contribution in [2.75, 3.05) is 13.2 Å². The Kier molecular flexibility index (Phi) is 4.60. The van der Waals surface area contributed by atoms with Crippen molar-refractivity contribution in [3.05, 3.63) is 33.4 Å². The molecule has 2 fully saturated rings. The van der Waals surface area contributed by atoms with Crippen molar-refractivity contribution in [2.24, 2.45) is 0 Å². The van der Waals surface area contributed by atoms with Crippen LogP contribution in [0.25, 0.3) is 0 Å². The van der Waals surface area contributed by atoms with Crippen molar-refractivity contribution in [2.45, 2.75) is 51.7 Å². The first-order valence-corrected chi connectivity index (χ1v) is 8.37. The van der Waals surface area contributed by atoms with Crippen LogP contribution < -0.4 is 0 Å². The van der Waals surface area contributed by atoms with Crippen LogP contribution in [-0.2, 0) is 35.2 Å². The van der Waals surface area contributed by atoms with Gasteiger partial charge in [-0.2, -0.15) is 0 Å². The Morgan fingerprint density at radius 2 is 1.17 bits per heavy atom. The van der Waals surface area contributed by atoms with Gasteiger partial charge in [-0.15, -0.1) is 0 Å². The number of epoxide rings is 2. The van der Waals surface area contributed by atoms with Crippen LogP contribution in [0.3, 0.4) is 0 Å². The number of carboxylic acids is 2. The second-order valence-electron chi connectivity index (χ2n) is 6.30. The maximum Gasteiger partial charge on any atom is 0.336 e. The SMILES string of the molecule is CCc1c(CC2CO2)c(C(=O)O)c(CC)c(CC2CO2)c1C(=O)O. The molecule has 2 N–H and O–H groups in total. The van der Waals surface area contributed by atoms with Crippen LogP contribution >= 0.6 is 0 Å². The minimum absolute atomic E-state index is 0.00244. The molecule has 0 aromatic heterocycles. The maximum absolute atomic E-state index is 12.0. The van der Waals surface area contributed by atoms with Crippen molar-refractivity contribution < 1.29 is 29.3 Å². The number of ether oxygens (including phenoxy) is 2. The van der Waals surface area contributed by atoms with Gasteiger partial charge in [0, 0.05) is 12.8 Å². The molecule has 0 spiro atoms. The van der Waals surface area contributed by atoms with Crippen LogP contribution in [-0.4, -0.2) is 47.6 Å². The first-order valence-electron chi connectivity index (χ1n) is 8.37. The fourth-order valence-corrected chi connectivity index (χ4v) is 3.54. The van der Waals surface area contributed by atoms with Gasteiger partial charge in [0.1, 0.15) is 0 Å². The second kappa shape index (κ2) is 6.53. The molecule has 24 heavy (non-hydrogen) atoms. The van der Waals surface area contributed by atoms with Crippen LogP contribution in [0, 0.1) is 0 Å². The van der Waals surface area contributed by atoms with E-state index in [-0.39, 0.29) is 23.3 Å². The molecule has 0 aliphatic carbocycles. The van der Waals surface area contributed by atoms with Crippen LogP contribution in [0.4, 0.5) is 0 Å². The number of rotatable bonds is 8. The molecule has 6 heteroatoms. The number of carbonyl (C=O) groups is 2. The molecule has 0 bridgehead atoms. The molecular formula is C18H22O6. The average molecular weight is 334 g/mol. The molecule has 0 saturated carbocycles. The number of hydrogen-bond donors (Lipinski definition) is 2. The van der Waals surface area contributed by atoms with E-state index in [1.54, 1.807) is 0 Å². The van der Waals surface area contributed by atoms with Crippen molar-refractivity contribution in [1.29, 1.82) is 0 Å².